The van der Waals surface area contributed by atoms with E-state index < -0.39 is 11.7 Å². The SMILES string of the molecule is CCOC(=O)C1OC1(C)c1ccc(OCC)cc1. The molecule has 1 aliphatic heterocycles. The van der Waals surface area contributed by atoms with Crippen LogP contribution in [0.2, 0.25) is 0 Å². The minimum Gasteiger partial charge on any atom is -0.494 e. The lowest BCUT2D eigenvalue weighted by atomic mass is 9.97. The molecule has 1 saturated heterocycles. The lowest BCUT2D eigenvalue weighted by molar-refractivity contribution is -0.144. The summed E-state index contributed by atoms with van der Waals surface area (Å²) >= 11 is 0. The maximum atomic E-state index is 11.6. The molecular weight excluding hydrogens is 232 g/mol. The van der Waals surface area contributed by atoms with E-state index in [1.54, 1.807) is 6.92 Å². The molecule has 1 aromatic rings. The Morgan fingerprint density at radius 1 is 1.28 bits per heavy atom. The van der Waals surface area contributed by atoms with Crippen molar-refractivity contribution in [3.05, 3.63) is 29.8 Å². The molecule has 0 aliphatic carbocycles. The average Bonchev–Trinajstić information content (AvgIpc) is 3.05. The Morgan fingerprint density at radius 2 is 1.94 bits per heavy atom. The van der Waals surface area contributed by atoms with Crippen LogP contribution in [0.25, 0.3) is 0 Å². The van der Waals surface area contributed by atoms with E-state index in [0.717, 1.165) is 11.3 Å². The Labute approximate surface area is 107 Å². The fourth-order valence-electron chi connectivity index (χ4n) is 1.97. The van der Waals surface area contributed by atoms with Crippen LogP contribution >= 0.6 is 0 Å². The second-order valence-corrected chi connectivity index (χ2v) is 4.31. The second kappa shape index (κ2) is 4.98. The third kappa shape index (κ3) is 2.34. The molecule has 0 amide bonds. The van der Waals surface area contributed by atoms with E-state index in [1.807, 2.05) is 38.1 Å². The van der Waals surface area contributed by atoms with Crippen LogP contribution in [-0.4, -0.2) is 25.3 Å². The molecule has 2 unspecified atom stereocenters. The molecule has 0 N–H and O–H groups in total. The molecule has 1 aromatic carbocycles. The van der Waals surface area contributed by atoms with Gasteiger partial charge < -0.3 is 14.2 Å². The maximum Gasteiger partial charge on any atom is 0.338 e. The van der Waals surface area contributed by atoms with Crippen molar-refractivity contribution < 1.29 is 19.0 Å². The zero-order chi connectivity index (χ0) is 13.2. The molecule has 1 aliphatic rings. The van der Waals surface area contributed by atoms with Gasteiger partial charge >= 0.3 is 5.97 Å². The third-order valence-corrected chi connectivity index (χ3v) is 3.04. The molecule has 1 fully saturated rings. The van der Waals surface area contributed by atoms with Crippen LogP contribution in [0.3, 0.4) is 0 Å². The van der Waals surface area contributed by atoms with E-state index in [0.29, 0.717) is 13.2 Å². The molecule has 4 nitrogen and oxygen atoms in total. The highest BCUT2D eigenvalue weighted by Gasteiger charge is 2.59. The van der Waals surface area contributed by atoms with E-state index in [2.05, 4.69) is 0 Å². The summed E-state index contributed by atoms with van der Waals surface area (Å²) in [4.78, 5) is 11.6. The molecule has 0 aromatic heterocycles. The molecule has 0 spiro atoms. The molecular formula is C14H18O4. The van der Waals surface area contributed by atoms with Crippen LogP contribution in [0.4, 0.5) is 0 Å². The fraction of sp³-hybridized carbons (Fsp3) is 0.500. The average molecular weight is 250 g/mol. The van der Waals surface area contributed by atoms with Crippen molar-refractivity contribution in [2.24, 2.45) is 0 Å². The van der Waals surface area contributed by atoms with Crippen LogP contribution in [-0.2, 0) is 19.9 Å². The van der Waals surface area contributed by atoms with Crippen molar-refractivity contribution in [2.75, 3.05) is 13.2 Å². The van der Waals surface area contributed by atoms with Crippen LogP contribution in [0.1, 0.15) is 26.3 Å². The zero-order valence-corrected chi connectivity index (χ0v) is 10.9. The van der Waals surface area contributed by atoms with Gasteiger partial charge in [-0.1, -0.05) is 12.1 Å². The molecule has 2 rings (SSSR count). The van der Waals surface area contributed by atoms with Gasteiger partial charge in [0.15, 0.2) is 6.10 Å². The summed E-state index contributed by atoms with van der Waals surface area (Å²) in [5.41, 5.74) is 0.404. The quantitative estimate of drug-likeness (QED) is 0.594. The lowest BCUT2D eigenvalue weighted by Crippen LogP contribution is -2.18. The largest absolute Gasteiger partial charge is 0.494 e. The monoisotopic (exact) mass is 250 g/mol. The van der Waals surface area contributed by atoms with E-state index >= 15 is 0 Å². The summed E-state index contributed by atoms with van der Waals surface area (Å²) < 4.78 is 15.8. The van der Waals surface area contributed by atoms with Crippen molar-refractivity contribution in [1.82, 2.24) is 0 Å². The van der Waals surface area contributed by atoms with E-state index in [4.69, 9.17) is 14.2 Å². The van der Waals surface area contributed by atoms with Crippen molar-refractivity contribution in [1.29, 1.82) is 0 Å². The Hall–Kier alpha value is -1.55. The number of esters is 1. The molecule has 0 bridgehead atoms. The van der Waals surface area contributed by atoms with E-state index in [1.165, 1.54) is 0 Å². The molecule has 0 radical (unpaired) electrons. The first kappa shape index (κ1) is 12.9. The van der Waals surface area contributed by atoms with Crippen LogP contribution < -0.4 is 4.74 Å². The van der Waals surface area contributed by atoms with Crippen molar-refractivity contribution in [3.8, 4) is 5.75 Å². The van der Waals surface area contributed by atoms with Crippen molar-refractivity contribution in [3.63, 3.8) is 0 Å². The Kier molecular flexibility index (Phi) is 3.57. The number of carbonyl (C=O) groups is 1. The van der Waals surface area contributed by atoms with Gasteiger partial charge in [-0.3, -0.25) is 0 Å². The summed E-state index contributed by atoms with van der Waals surface area (Å²) in [6.07, 6.45) is -0.490. The summed E-state index contributed by atoms with van der Waals surface area (Å²) in [5.74, 6) is 0.520. The van der Waals surface area contributed by atoms with Gasteiger partial charge in [-0.25, -0.2) is 4.79 Å². The highest BCUT2D eigenvalue weighted by molar-refractivity contribution is 5.79. The zero-order valence-electron chi connectivity index (χ0n) is 10.9. The number of ether oxygens (including phenoxy) is 3. The number of rotatable bonds is 5. The third-order valence-electron chi connectivity index (χ3n) is 3.04. The molecule has 1 heterocycles. The normalized spacial score (nSPS) is 25.6. The number of epoxide rings is 1. The van der Waals surface area contributed by atoms with Gasteiger partial charge in [0.2, 0.25) is 0 Å². The molecule has 18 heavy (non-hydrogen) atoms. The maximum absolute atomic E-state index is 11.6. The predicted molar refractivity (Wildman–Crippen MR) is 66.5 cm³/mol. The minimum absolute atomic E-state index is 0.297. The first-order valence-corrected chi connectivity index (χ1v) is 6.19. The Balaban J connectivity index is 2.06. The van der Waals surface area contributed by atoms with Gasteiger partial charge in [0.25, 0.3) is 0 Å². The van der Waals surface area contributed by atoms with Gasteiger partial charge in [0.1, 0.15) is 11.4 Å². The minimum atomic E-state index is -0.559. The van der Waals surface area contributed by atoms with Crippen molar-refractivity contribution in [2.45, 2.75) is 32.5 Å². The first-order valence-electron chi connectivity index (χ1n) is 6.19. The number of hydrogen-bond donors (Lipinski definition) is 0. The van der Waals surface area contributed by atoms with Gasteiger partial charge in [-0.2, -0.15) is 0 Å². The van der Waals surface area contributed by atoms with Crippen LogP contribution in [0.5, 0.6) is 5.75 Å². The second-order valence-electron chi connectivity index (χ2n) is 4.31. The number of benzene rings is 1. The van der Waals surface area contributed by atoms with Gasteiger partial charge in [-0.15, -0.1) is 0 Å². The topological polar surface area (TPSA) is 48.1 Å². The highest BCUT2D eigenvalue weighted by Crippen LogP contribution is 2.46. The number of carbonyl (C=O) groups excluding carboxylic acids is 1. The molecule has 0 saturated carbocycles. The van der Waals surface area contributed by atoms with Gasteiger partial charge in [0.05, 0.1) is 13.2 Å². The summed E-state index contributed by atoms with van der Waals surface area (Å²) in [6.45, 7) is 6.63. The Bertz CT molecular complexity index is 426. The smallest absolute Gasteiger partial charge is 0.338 e. The van der Waals surface area contributed by atoms with Gasteiger partial charge in [-0.05, 0) is 38.5 Å². The summed E-state index contributed by atoms with van der Waals surface area (Å²) in [5, 5.41) is 0. The van der Waals surface area contributed by atoms with Crippen LogP contribution in [0.15, 0.2) is 24.3 Å². The van der Waals surface area contributed by atoms with E-state index in [-0.39, 0.29) is 5.97 Å². The number of hydrogen-bond acceptors (Lipinski definition) is 4. The highest BCUT2D eigenvalue weighted by atomic mass is 16.7. The molecule has 2 atom stereocenters. The summed E-state index contributed by atoms with van der Waals surface area (Å²) in [6, 6.07) is 7.61. The van der Waals surface area contributed by atoms with Gasteiger partial charge in [0, 0.05) is 0 Å². The predicted octanol–water partition coefficient (Wildman–Crippen LogP) is 2.26. The molecule has 98 valence electrons. The summed E-state index contributed by atoms with van der Waals surface area (Å²) in [7, 11) is 0. The Morgan fingerprint density at radius 3 is 2.50 bits per heavy atom. The lowest BCUT2D eigenvalue weighted by Gasteiger charge is -2.08. The van der Waals surface area contributed by atoms with Crippen LogP contribution in [0, 0.1) is 0 Å². The van der Waals surface area contributed by atoms with Crippen molar-refractivity contribution >= 4 is 5.97 Å². The van der Waals surface area contributed by atoms with E-state index in [9.17, 15) is 4.79 Å². The fourth-order valence-corrected chi connectivity index (χ4v) is 1.97. The molecule has 4 heteroatoms. The first-order chi connectivity index (χ1) is 8.61. The standard InChI is InChI=1S/C14H18O4/c1-4-16-11-8-6-10(7-9-11)14(3)12(18-14)13(15)17-5-2/h6-9,12H,4-5H2,1-3H3.